The normalized spacial score (nSPS) is 23.0. The summed E-state index contributed by atoms with van der Waals surface area (Å²) in [7, 11) is 3.86. The van der Waals surface area contributed by atoms with E-state index in [4.69, 9.17) is 0 Å². The third-order valence-corrected chi connectivity index (χ3v) is 5.16. The Morgan fingerprint density at radius 2 is 2.19 bits per heavy atom. The maximum absolute atomic E-state index is 12.3. The van der Waals surface area contributed by atoms with Gasteiger partial charge in [0, 0.05) is 50.4 Å². The van der Waals surface area contributed by atoms with Crippen LogP contribution in [0.3, 0.4) is 0 Å². The Bertz CT molecular complexity index is 571. The maximum atomic E-state index is 12.3. The molecule has 3 heterocycles. The molecule has 0 aliphatic carbocycles. The molecule has 2 amide bonds. The van der Waals surface area contributed by atoms with Gasteiger partial charge in [-0.2, -0.15) is 0 Å². The van der Waals surface area contributed by atoms with E-state index in [0.29, 0.717) is 24.4 Å². The van der Waals surface area contributed by atoms with Crippen molar-refractivity contribution in [3.05, 3.63) is 15.6 Å². The Hall–Kier alpha value is -1.47. The van der Waals surface area contributed by atoms with Crippen molar-refractivity contribution in [3.63, 3.8) is 0 Å². The molecule has 0 aromatic carbocycles. The van der Waals surface area contributed by atoms with Gasteiger partial charge in [0.25, 0.3) is 5.91 Å². The minimum Gasteiger partial charge on any atom is -0.345 e. The van der Waals surface area contributed by atoms with Crippen LogP contribution in [0.1, 0.15) is 33.2 Å². The fourth-order valence-corrected chi connectivity index (χ4v) is 3.89. The Balaban J connectivity index is 1.65. The standard InChI is InChI=1S/C14H20N4O2S/c1-17-6-5-10-11(8-17)21-14(16-10)13(20)15-9-3-4-12(19)18(2)7-9/h9H,3-8H2,1-2H3,(H,15,20). The van der Waals surface area contributed by atoms with Crippen molar-refractivity contribution in [2.24, 2.45) is 0 Å². The van der Waals surface area contributed by atoms with Gasteiger partial charge in [0.1, 0.15) is 0 Å². The summed E-state index contributed by atoms with van der Waals surface area (Å²) < 4.78 is 0. The van der Waals surface area contributed by atoms with Crippen LogP contribution in [-0.4, -0.2) is 59.8 Å². The highest BCUT2D eigenvalue weighted by Crippen LogP contribution is 2.24. The molecule has 1 saturated heterocycles. The number of piperidine rings is 1. The van der Waals surface area contributed by atoms with Crippen molar-refractivity contribution >= 4 is 23.2 Å². The largest absolute Gasteiger partial charge is 0.345 e. The Labute approximate surface area is 128 Å². The molecule has 21 heavy (non-hydrogen) atoms. The number of fused-ring (bicyclic) bond motifs is 1. The molecular weight excluding hydrogens is 288 g/mol. The lowest BCUT2D eigenvalue weighted by atomic mass is 10.1. The number of hydrogen-bond acceptors (Lipinski definition) is 5. The van der Waals surface area contributed by atoms with Gasteiger partial charge in [0.05, 0.1) is 5.69 Å². The molecule has 114 valence electrons. The van der Waals surface area contributed by atoms with Crippen molar-refractivity contribution in [2.45, 2.75) is 31.8 Å². The van der Waals surface area contributed by atoms with E-state index in [2.05, 4.69) is 22.2 Å². The first-order chi connectivity index (χ1) is 10.0. The number of hydrogen-bond donors (Lipinski definition) is 1. The van der Waals surface area contributed by atoms with E-state index in [9.17, 15) is 9.59 Å². The van der Waals surface area contributed by atoms with E-state index in [1.54, 1.807) is 11.9 Å². The summed E-state index contributed by atoms with van der Waals surface area (Å²) in [5.41, 5.74) is 1.07. The van der Waals surface area contributed by atoms with Crippen molar-refractivity contribution in [2.75, 3.05) is 27.2 Å². The highest BCUT2D eigenvalue weighted by Gasteiger charge is 2.26. The lowest BCUT2D eigenvalue weighted by Gasteiger charge is -2.29. The number of nitrogens with one attached hydrogen (secondary N) is 1. The van der Waals surface area contributed by atoms with E-state index < -0.39 is 0 Å². The van der Waals surface area contributed by atoms with Crippen LogP contribution in [0.4, 0.5) is 0 Å². The molecule has 3 rings (SSSR count). The van der Waals surface area contributed by atoms with Crippen LogP contribution in [0.15, 0.2) is 0 Å². The number of likely N-dealkylation sites (tertiary alicyclic amines) is 1. The molecule has 6 nitrogen and oxygen atoms in total. The fourth-order valence-electron chi connectivity index (χ4n) is 2.80. The first kappa shape index (κ1) is 14.5. The maximum Gasteiger partial charge on any atom is 0.280 e. The average Bonchev–Trinajstić information content (AvgIpc) is 2.86. The predicted molar refractivity (Wildman–Crippen MR) is 80.3 cm³/mol. The van der Waals surface area contributed by atoms with Gasteiger partial charge in [0.15, 0.2) is 5.01 Å². The Morgan fingerprint density at radius 3 is 2.95 bits per heavy atom. The van der Waals surface area contributed by atoms with Crippen molar-refractivity contribution in [1.82, 2.24) is 20.1 Å². The molecule has 0 saturated carbocycles. The zero-order valence-corrected chi connectivity index (χ0v) is 13.2. The summed E-state index contributed by atoms with van der Waals surface area (Å²) in [5, 5.41) is 3.56. The first-order valence-corrected chi connectivity index (χ1v) is 8.06. The van der Waals surface area contributed by atoms with E-state index in [0.717, 1.165) is 25.2 Å². The zero-order chi connectivity index (χ0) is 15.0. The molecule has 0 radical (unpaired) electrons. The number of carbonyl (C=O) groups excluding carboxylic acids is 2. The SMILES string of the molecule is CN1CCc2nc(C(=O)NC3CCC(=O)N(C)C3)sc2C1. The second-order valence-electron chi connectivity index (χ2n) is 5.86. The van der Waals surface area contributed by atoms with Crippen LogP contribution in [0.5, 0.6) is 0 Å². The number of carbonyl (C=O) groups is 2. The molecule has 0 bridgehead atoms. The van der Waals surface area contributed by atoms with Gasteiger partial charge in [0.2, 0.25) is 5.91 Å². The summed E-state index contributed by atoms with van der Waals surface area (Å²) in [6, 6.07) is 0.0313. The molecule has 1 aromatic heterocycles. The number of likely N-dealkylation sites (N-methyl/N-ethyl adjacent to an activating group) is 2. The van der Waals surface area contributed by atoms with E-state index in [-0.39, 0.29) is 17.9 Å². The zero-order valence-electron chi connectivity index (χ0n) is 12.4. The van der Waals surface area contributed by atoms with Crippen LogP contribution in [0.2, 0.25) is 0 Å². The highest BCUT2D eigenvalue weighted by molar-refractivity contribution is 7.13. The third kappa shape index (κ3) is 3.08. The van der Waals surface area contributed by atoms with Gasteiger partial charge in [-0.25, -0.2) is 4.98 Å². The summed E-state index contributed by atoms with van der Waals surface area (Å²) in [6.45, 7) is 2.45. The van der Waals surface area contributed by atoms with Crippen molar-refractivity contribution in [1.29, 1.82) is 0 Å². The van der Waals surface area contributed by atoms with Crippen LogP contribution in [0.25, 0.3) is 0 Å². The lowest BCUT2D eigenvalue weighted by molar-refractivity contribution is -0.132. The van der Waals surface area contributed by atoms with Gasteiger partial charge in [-0.3, -0.25) is 9.59 Å². The fraction of sp³-hybridized carbons (Fsp3) is 0.643. The van der Waals surface area contributed by atoms with Gasteiger partial charge >= 0.3 is 0 Å². The number of nitrogens with zero attached hydrogens (tertiary/aromatic N) is 3. The molecule has 0 spiro atoms. The summed E-state index contributed by atoms with van der Waals surface area (Å²) in [4.78, 5) is 33.4. The van der Waals surface area contributed by atoms with E-state index in [1.807, 2.05) is 0 Å². The predicted octanol–water partition coefficient (Wildman–Crippen LogP) is 0.482. The summed E-state index contributed by atoms with van der Waals surface area (Å²) >= 11 is 1.49. The first-order valence-electron chi connectivity index (χ1n) is 7.25. The molecule has 7 heteroatoms. The van der Waals surface area contributed by atoms with Crippen LogP contribution >= 0.6 is 11.3 Å². The van der Waals surface area contributed by atoms with Crippen LogP contribution in [0, 0.1) is 0 Å². The minimum atomic E-state index is -0.107. The van der Waals surface area contributed by atoms with Gasteiger partial charge in [-0.1, -0.05) is 0 Å². The highest BCUT2D eigenvalue weighted by atomic mass is 32.1. The molecule has 1 unspecified atom stereocenters. The van der Waals surface area contributed by atoms with E-state index in [1.165, 1.54) is 16.2 Å². The quantitative estimate of drug-likeness (QED) is 0.863. The topological polar surface area (TPSA) is 65.5 Å². The molecular formula is C14H20N4O2S. The van der Waals surface area contributed by atoms with Crippen LogP contribution < -0.4 is 5.32 Å². The molecule has 1 fully saturated rings. The number of rotatable bonds is 2. The van der Waals surface area contributed by atoms with E-state index >= 15 is 0 Å². The smallest absolute Gasteiger partial charge is 0.280 e. The van der Waals surface area contributed by atoms with Gasteiger partial charge in [-0.15, -0.1) is 11.3 Å². The molecule has 2 aliphatic heterocycles. The van der Waals surface area contributed by atoms with Crippen molar-refractivity contribution < 1.29 is 9.59 Å². The molecule has 1 N–H and O–H groups in total. The Kier molecular flexibility index (Phi) is 3.95. The molecule has 2 aliphatic rings. The average molecular weight is 308 g/mol. The molecule has 1 aromatic rings. The summed E-state index contributed by atoms with van der Waals surface area (Å²) in [5.74, 6) is 0.0399. The third-order valence-electron chi connectivity index (χ3n) is 4.08. The second-order valence-corrected chi connectivity index (χ2v) is 6.94. The van der Waals surface area contributed by atoms with Gasteiger partial charge < -0.3 is 15.1 Å². The Morgan fingerprint density at radius 1 is 1.38 bits per heavy atom. The molecule has 1 atom stereocenters. The minimum absolute atomic E-state index is 0.0313. The number of amides is 2. The lowest BCUT2D eigenvalue weighted by Crippen LogP contribution is -2.48. The monoisotopic (exact) mass is 308 g/mol. The van der Waals surface area contributed by atoms with Crippen molar-refractivity contribution in [3.8, 4) is 0 Å². The summed E-state index contributed by atoms with van der Waals surface area (Å²) in [6.07, 6.45) is 2.12. The number of thiazole rings is 1. The van der Waals surface area contributed by atoms with Gasteiger partial charge in [-0.05, 0) is 13.5 Å². The number of aromatic nitrogens is 1. The second kappa shape index (κ2) is 5.73. The van der Waals surface area contributed by atoms with Crippen LogP contribution in [-0.2, 0) is 17.8 Å².